The van der Waals surface area contributed by atoms with Crippen molar-refractivity contribution in [1.82, 2.24) is 9.88 Å². The van der Waals surface area contributed by atoms with Gasteiger partial charge in [0.25, 0.3) is 0 Å². The Hall–Kier alpha value is -2.01. The molecule has 0 saturated carbocycles. The number of ketones is 1. The third-order valence-corrected chi connectivity index (χ3v) is 3.02. The van der Waals surface area contributed by atoms with Crippen molar-refractivity contribution in [2.75, 3.05) is 13.6 Å². The normalized spacial score (nSPS) is 12.6. The van der Waals surface area contributed by atoms with Crippen LogP contribution in [0.1, 0.15) is 23.2 Å². The lowest BCUT2D eigenvalue weighted by Crippen LogP contribution is -2.28. The minimum absolute atomic E-state index is 0.0868. The predicted molar refractivity (Wildman–Crippen MR) is 72.7 cm³/mol. The van der Waals surface area contributed by atoms with Crippen LogP contribution in [0, 0.1) is 11.7 Å². The van der Waals surface area contributed by atoms with Gasteiger partial charge < -0.3 is 4.42 Å². The van der Waals surface area contributed by atoms with E-state index in [0.717, 1.165) is 12.0 Å². The van der Waals surface area contributed by atoms with Crippen LogP contribution < -0.4 is 0 Å². The summed E-state index contributed by atoms with van der Waals surface area (Å²) in [5.74, 6) is 0.111. The number of pyridine rings is 1. The van der Waals surface area contributed by atoms with Crippen LogP contribution in [0.25, 0.3) is 0 Å². The van der Waals surface area contributed by atoms with Crippen molar-refractivity contribution in [3.05, 3.63) is 54.0 Å². The molecular formula is C15H17FN2O2. The van der Waals surface area contributed by atoms with Gasteiger partial charge in [0.1, 0.15) is 17.3 Å². The van der Waals surface area contributed by atoms with Crippen LogP contribution >= 0.6 is 0 Å². The number of rotatable bonds is 6. The highest BCUT2D eigenvalue weighted by Crippen LogP contribution is 2.11. The van der Waals surface area contributed by atoms with E-state index in [9.17, 15) is 9.18 Å². The minimum Gasteiger partial charge on any atom is -0.468 e. The largest absolute Gasteiger partial charge is 0.468 e. The molecule has 0 aliphatic carbocycles. The summed E-state index contributed by atoms with van der Waals surface area (Å²) in [4.78, 5) is 18.0. The number of hydrogen-bond acceptors (Lipinski definition) is 4. The molecule has 20 heavy (non-hydrogen) atoms. The van der Waals surface area contributed by atoms with Gasteiger partial charge in [-0.25, -0.2) is 4.39 Å². The van der Waals surface area contributed by atoms with Gasteiger partial charge in [-0.1, -0.05) is 6.92 Å². The maximum Gasteiger partial charge on any atom is 0.185 e. The third kappa shape index (κ3) is 3.74. The Labute approximate surface area is 117 Å². The van der Waals surface area contributed by atoms with Gasteiger partial charge >= 0.3 is 0 Å². The fourth-order valence-electron chi connectivity index (χ4n) is 2.06. The molecule has 0 radical (unpaired) electrons. The average molecular weight is 276 g/mol. The number of carbonyl (C=O) groups is 1. The number of nitrogens with zero attached hydrogens (tertiary/aromatic N) is 2. The monoisotopic (exact) mass is 276 g/mol. The molecule has 0 spiro atoms. The van der Waals surface area contributed by atoms with Crippen molar-refractivity contribution >= 4 is 5.78 Å². The number of furan rings is 1. The number of Topliss-reactive ketones (excluding diaryl/α,β-unsaturated/α-hetero) is 1. The van der Waals surface area contributed by atoms with Gasteiger partial charge in [0.15, 0.2) is 5.78 Å². The molecule has 5 heteroatoms. The highest BCUT2D eigenvalue weighted by Gasteiger charge is 2.18. The van der Waals surface area contributed by atoms with Crippen LogP contribution in [0.15, 0.2) is 41.1 Å². The van der Waals surface area contributed by atoms with Gasteiger partial charge in [-0.15, -0.1) is 0 Å². The lowest BCUT2D eigenvalue weighted by molar-refractivity contribution is 0.0893. The summed E-state index contributed by atoms with van der Waals surface area (Å²) in [6.07, 6.45) is 2.69. The third-order valence-electron chi connectivity index (χ3n) is 3.02. The Morgan fingerprint density at radius 3 is 2.85 bits per heavy atom. The van der Waals surface area contributed by atoms with Crippen LogP contribution in [-0.4, -0.2) is 29.3 Å². The fraction of sp³-hybridized carbons (Fsp3) is 0.333. The molecule has 1 atom stereocenters. The molecule has 2 aromatic heterocycles. The standard InChI is InChI=1S/C15H17FN2O2/c1-11(9-18(2)10-13-4-3-7-20-13)15(19)14-6-5-12(16)8-17-14/h3-8,11H,9-10H2,1-2H3. The quantitative estimate of drug-likeness (QED) is 0.761. The lowest BCUT2D eigenvalue weighted by atomic mass is 10.0. The summed E-state index contributed by atoms with van der Waals surface area (Å²) >= 11 is 0. The molecule has 0 aliphatic rings. The summed E-state index contributed by atoms with van der Waals surface area (Å²) in [5, 5.41) is 0. The van der Waals surface area contributed by atoms with E-state index in [2.05, 4.69) is 4.98 Å². The Morgan fingerprint density at radius 2 is 2.25 bits per heavy atom. The second-order valence-electron chi connectivity index (χ2n) is 4.90. The molecule has 0 bridgehead atoms. The molecular weight excluding hydrogens is 259 g/mol. The zero-order valence-electron chi connectivity index (χ0n) is 11.5. The van der Waals surface area contributed by atoms with Gasteiger partial charge in [-0.2, -0.15) is 0 Å². The molecule has 1 unspecified atom stereocenters. The second kappa shape index (κ2) is 6.43. The van der Waals surface area contributed by atoms with E-state index in [0.29, 0.717) is 18.8 Å². The molecule has 2 heterocycles. The first-order valence-electron chi connectivity index (χ1n) is 6.43. The van der Waals surface area contributed by atoms with E-state index in [1.807, 2.05) is 31.0 Å². The van der Waals surface area contributed by atoms with Crippen molar-refractivity contribution in [3.8, 4) is 0 Å². The van der Waals surface area contributed by atoms with Crippen LogP contribution in [0.4, 0.5) is 4.39 Å². The fourth-order valence-corrected chi connectivity index (χ4v) is 2.06. The molecule has 2 aromatic rings. The molecule has 0 N–H and O–H groups in total. The maximum absolute atomic E-state index is 12.8. The second-order valence-corrected chi connectivity index (χ2v) is 4.90. The number of halogens is 1. The minimum atomic E-state index is -0.441. The topological polar surface area (TPSA) is 46.3 Å². The molecule has 0 amide bonds. The Kier molecular flexibility index (Phi) is 4.63. The highest BCUT2D eigenvalue weighted by atomic mass is 19.1. The summed E-state index contributed by atoms with van der Waals surface area (Å²) in [6.45, 7) is 3.06. The van der Waals surface area contributed by atoms with E-state index in [1.54, 1.807) is 6.26 Å². The van der Waals surface area contributed by atoms with Crippen LogP contribution in [-0.2, 0) is 6.54 Å². The molecule has 4 nitrogen and oxygen atoms in total. The zero-order valence-corrected chi connectivity index (χ0v) is 11.5. The predicted octanol–water partition coefficient (Wildman–Crippen LogP) is 2.76. The van der Waals surface area contributed by atoms with Crippen molar-refractivity contribution < 1.29 is 13.6 Å². The molecule has 0 aliphatic heterocycles. The Balaban J connectivity index is 1.92. The van der Waals surface area contributed by atoms with E-state index in [-0.39, 0.29) is 11.7 Å². The summed E-state index contributed by atoms with van der Waals surface area (Å²) in [5.41, 5.74) is 0.297. The first-order chi connectivity index (χ1) is 9.56. The summed E-state index contributed by atoms with van der Waals surface area (Å²) in [6, 6.07) is 6.39. The van der Waals surface area contributed by atoms with E-state index < -0.39 is 5.82 Å². The van der Waals surface area contributed by atoms with E-state index in [1.165, 1.54) is 12.1 Å². The Morgan fingerprint density at radius 1 is 1.45 bits per heavy atom. The zero-order chi connectivity index (χ0) is 14.5. The Bertz CT molecular complexity index is 552. The van der Waals surface area contributed by atoms with Crippen LogP contribution in [0.2, 0.25) is 0 Å². The average Bonchev–Trinajstić information content (AvgIpc) is 2.91. The number of hydrogen-bond donors (Lipinski definition) is 0. The number of aromatic nitrogens is 1. The molecule has 0 aromatic carbocycles. The van der Waals surface area contributed by atoms with Crippen molar-refractivity contribution in [1.29, 1.82) is 0 Å². The van der Waals surface area contributed by atoms with Crippen LogP contribution in [0.3, 0.4) is 0 Å². The molecule has 2 rings (SSSR count). The van der Waals surface area contributed by atoms with Gasteiger partial charge in [0.2, 0.25) is 0 Å². The van der Waals surface area contributed by atoms with E-state index >= 15 is 0 Å². The van der Waals surface area contributed by atoms with Crippen LogP contribution in [0.5, 0.6) is 0 Å². The van der Waals surface area contributed by atoms with Gasteiger partial charge in [0, 0.05) is 12.5 Å². The van der Waals surface area contributed by atoms with E-state index in [4.69, 9.17) is 4.42 Å². The molecule has 106 valence electrons. The van der Waals surface area contributed by atoms with Gasteiger partial charge in [0.05, 0.1) is 19.0 Å². The SMILES string of the molecule is CC(CN(C)Cc1ccco1)C(=O)c1ccc(F)cn1. The van der Waals surface area contributed by atoms with Crippen molar-refractivity contribution in [2.24, 2.45) is 5.92 Å². The van der Waals surface area contributed by atoms with Crippen molar-refractivity contribution in [2.45, 2.75) is 13.5 Å². The lowest BCUT2D eigenvalue weighted by Gasteiger charge is -2.19. The molecule has 0 saturated heterocycles. The molecule has 0 fully saturated rings. The first-order valence-corrected chi connectivity index (χ1v) is 6.43. The summed E-state index contributed by atoms with van der Waals surface area (Å²) in [7, 11) is 1.92. The smallest absolute Gasteiger partial charge is 0.185 e. The number of carbonyl (C=O) groups excluding carboxylic acids is 1. The van der Waals surface area contributed by atoms with Crippen molar-refractivity contribution in [3.63, 3.8) is 0 Å². The highest BCUT2D eigenvalue weighted by molar-refractivity contribution is 5.95. The maximum atomic E-state index is 12.8. The van der Waals surface area contributed by atoms with Gasteiger partial charge in [-0.3, -0.25) is 14.7 Å². The van der Waals surface area contributed by atoms with Gasteiger partial charge in [-0.05, 0) is 31.3 Å². The summed E-state index contributed by atoms with van der Waals surface area (Å²) < 4.78 is 18.0. The first kappa shape index (κ1) is 14.4.